The van der Waals surface area contributed by atoms with Crippen molar-refractivity contribution in [1.29, 1.82) is 0 Å². The number of hydrazone groups is 1. The molecule has 0 radical (unpaired) electrons. The number of methoxy groups -OCH3 is 2. The van der Waals surface area contributed by atoms with Gasteiger partial charge in [0.05, 0.1) is 49.6 Å². The molecule has 3 aliphatic rings. The van der Waals surface area contributed by atoms with E-state index in [0.29, 0.717) is 19.0 Å². The summed E-state index contributed by atoms with van der Waals surface area (Å²) in [6, 6.07) is 20.5. The molecule has 47 heavy (non-hydrogen) atoms. The Hall–Kier alpha value is -4.52. The highest BCUT2D eigenvalue weighted by Gasteiger charge is 2.44. The number of ether oxygens (including phenoxy) is 4. The van der Waals surface area contributed by atoms with Crippen LogP contribution in [0, 0.1) is 5.92 Å². The van der Waals surface area contributed by atoms with Crippen LogP contribution in [0.4, 0.5) is 0 Å². The molecule has 246 valence electrons. The number of fused-ring (bicyclic) bond motifs is 1. The normalized spacial score (nSPS) is 20.8. The SMILES string of the molecule is COc1ccc(/C=C2/CCC[C@@H]3C2=NN(C(=O)COC(=O)c2ccc(S(=O)(=O)N4CCOCC4)cc2)[C@H]3c2ccc(OC)cc2)cc1. The van der Waals surface area contributed by atoms with Crippen molar-refractivity contribution in [2.45, 2.75) is 30.2 Å². The highest BCUT2D eigenvalue weighted by atomic mass is 32.2. The van der Waals surface area contributed by atoms with E-state index in [2.05, 4.69) is 6.08 Å². The first kappa shape index (κ1) is 32.4. The average Bonchev–Trinajstić information content (AvgIpc) is 3.52. The average molecular weight is 660 g/mol. The molecule has 2 atom stereocenters. The second-order valence-electron chi connectivity index (χ2n) is 11.5. The van der Waals surface area contributed by atoms with Crippen LogP contribution in [0.15, 0.2) is 88.4 Å². The lowest BCUT2D eigenvalue weighted by Crippen LogP contribution is -2.40. The zero-order valence-corrected chi connectivity index (χ0v) is 27.1. The molecule has 12 heteroatoms. The van der Waals surface area contributed by atoms with E-state index >= 15 is 0 Å². The topological polar surface area (TPSA) is 124 Å². The Morgan fingerprint density at radius 1 is 0.915 bits per heavy atom. The van der Waals surface area contributed by atoms with Crippen molar-refractivity contribution in [2.24, 2.45) is 11.0 Å². The van der Waals surface area contributed by atoms with E-state index in [1.165, 1.54) is 33.6 Å². The maximum absolute atomic E-state index is 13.7. The number of allylic oxidation sites excluding steroid dienone is 1. The number of rotatable bonds is 9. The molecule has 2 heterocycles. The summed E-state index contributed by atoms with van der Waals surface area (Å²) in [5.41, 5.74) is 3.95. The van der Waals surface area contributed by atoms with E-state index < -0.39 is 28.5 Å². The number of carbonyl (C=O) groups is 2. The number of nitrogens with zero attached hydrogens (tertiary/aromatic N) is 3. The van der Waals surface area contributed by atoms with Crippen LogP contribution < -0.4 is 9.47 Å². The van der Waals surface area contributed by atoms with E-state index in [-0.39, 0.29) is 35.5 Å². The quantitative estimate of drug-likeness (QED) is 0.303. The molecule has 3 aromatic carbocycles. The fourth-order valence-corrected chi connectivity index (χ4v) is 7.63. The number of esters is 1. The zero-order valence-electron chi connectivity index (χ0n) is 26.3. The van der Waals surface area contributed by atoms with Gasteiger partial charge in [0.15, 0.2) is 6.61 Å². The summed E-state index contributed by atoms with van der Waals surface area (Å²) in [6.45, 7) is 0.680. The van der Waals surface area contributed by atoms with Gasteiger partial charge in [0.1, 0.15) is 11.5 Å². The van der Waals surface area contributed by atoms with Crippen molar-refractivity contribution in [3.8, 4) is 11.5 Å². The van der Waals surface area contributed by atoms with Crippen LogP contribution >= 0.6 is 0 Å². The summed E-state index contributed by atoms with van der Waals surface area (Å²) in [5, 5.41) is 6.30. The predicted molar refractivity (Wildman–Crippen MR) is 175 cm³/mol. The maximum Gasteiger partial charge on any atom is 0.338 e. The summed E-state index contributed by atoms with van der Waals surface area (Å²) < 4.78 is 48.6. The van der Waals surface area contributed by atoms with Gasteiger partial charge in [0, 0.05) is 19.0 Å². The summed E-state index contributed by atoms with van der Waals surface area (Å²) in [6.07, 6.45) is 4.71. The van der Waals surface area contributed by atoms with Crippen LogP contribution in [0.1, 0.15) is 46.8 Å². The molecule has 0 bridgehead atoms. The zero-order chi connectivity index (χ0) is 33.0. The Bertz CT molecular complexity index is 1760. The molecule has 2 fully saturated rings. The van der Waals surface area contributed by atoms with Crippen molar-refractivity contribution < 1.29 is 37.0 Å². The van der Waals surface area contributed by atoms with E-state index in [1.807, 2.05) is 48.5 Å². The second-order valence-corrected chi connectivity index (χ2v) is 13.4. The molecule has 0 spiro atoms. The first-order valence-electron chi connectivity index (χ1n) is 15.5. The van der Waals surface area contributed by atoms with E-state index in [0.717, 1.165) is 47.4 Å². The van der Waals surface area contributed by atoms with Crippen molar-refractivity contribution in [3.63, 3.8) is 0 Å². The van der Waals surface area contributed by atoms with Crippen molar-refractivity contribution in [1.82, 2.24) is 9.31 Å². The van der Waals surface area contributed by atoms with Crippen molar-refractivity contribution in [2.75, 3.05) is 47.1 Å². The number of amides is 1. The minimum Gasteiger partial charge on any atom is -0.497 e. The van der Waals surface area contributed by atoms with Crippen molar-refractivity contribution in [3.05, 3.63) is 95.1 Å². The third-order valence-corrected chi connectivity index (χ3v) is 10.6. The highest BCUT2D eigenvalue weighted by molar-refractivity contribution is 7.89. The van der Waals surface area contributed by atoms with Crippen LogP contribution in [0.2, 0.25) is 0 Å². The third-order valence-electron chi connectivity index (χ3n) is 8.70. The summed E-state index contributed by atoms with van der Waals surface area (Å²) >= 11 is 0. The van der Waals surface area contributed by atoms with Crippen molar-refractivity contribution >= 4 is 33.7 Å². The largest absolute Gasteiger partial charge is 0.497 e. The lowest BCUT2D eigenvalue weighted by molar-refractivity contribution is -0.137. The fraction of sp³-hybridized carbons (Fsp3) is 0.343. The number of hydrogen-bond donors (Lipinski definition) is 0. The standard InChI is InChI=1S/C35H37N3O8S/c1-43-28-12-6-24(7-13-28)22-27-4-3-5-31-33(27)36-38(34(31)25-8-14-29(44-2)15-9-25)32(39)23-46-35(40)26-10-16-30(17-11-26)47(41,42)37-18-20-45-21-19-37/h6-17,22,31,34H,3-5,18-21,23H2,1-2H3/b27-22-/t31-,34+/m1/s1. The number of benzene rings is 3. The third kappa shape index (κ3) is 6.95. The Kier molecular flexibility index (Phi) is 9.71. The second kappa shape index (κ2) is 14.1. The van der Waals surface area contributed by atoms with Gasteiger partial charge in [-0.05, 0) is 90.6 Å². The van der Waals surface area contributed by atoms with Crippen LogP contribution in [-0.4, -0.2) is 82.4 Å². The van der Waals surface area contributed by atoms with E-state index in [1.54, 1.807) is 14.2 Å². The molecule has 0 N–H and O–H groups in total. The van der Waals surface area contributed by atoms with Crippen LogP contribution in [-0.2, 0) is 24.3 Å². The Morgan fingerprint density at radius 3 is 2.19 bits per heavy atom. The van der Waals surface area contributed by atoms with Gasteiger partial charge in [-0.15, -0.1) is 0 Å². The minimum absolute atomic E-state index is 0.0396. The minimum atomic E-state index is -3.71. The van der Waals surface area contributed by atoms with Gasteiger partial charge in [0.25, 0.3) is 5.91 Å². The number of sulfonamides is 1. The smallest absolute Gasteiger partial charge is 0.338 e. The monoisotopic (exact) mass is 659 g/mol. The molecule has 11 nitrogen and oxygen atoms in total. The first-order chi connectivity index (χ1) is 22.8. The molecule has 0 aromatic heterocycles. The van der Waals surface area contributed by atoms with Gasteiger partial charge in [-0.25, -0.2) is 18.2 Å². The number of carbonyl (C=O) groups excluding carboxylic acids is 2. The van der Waals surface area contributed by atoms with Crippen LogP contribution in [0.5, 0.6) is 11.5 Å². The highest BCUT2D eigenvalue weighted by Crippen LogP contribution is 2.44. The molecule has 1 aliphatic carbocycles. The van der Waals surface area contributed by atoms with Gasteiger partial charge in [-0.2, -0.15) is 9.41 Å². The molecular weight excluding hydrogens is 622 g/mol. The van der Waals surface area contributed by atoms with Gasteiger partial charge < -0.3 is 18.9 Å². The molecular formula is C35H37N3O8S. The number of morpholine rings is 1. The first-order valence-corrected chi connectivity index (χ1v) is 17.0. The van der Waals surface area contributed by atoms with Crippen LogP contribution in [0.25, 0.3) is 6.08 Å². The summed E-state index contributed by atoms with van der Waals surface area (Å²) in [4.78, 5) is 26.8. The van der Waals surface area contributed by atoms with Gasteiger partial charge in [-0.3, -0.25) is 4.79 Å². The number of hydrogen-bond acceptors (Lipinski definition) is 9. The van der Waals surface area contributed by atoms with Gasteiger partial charge in [-0.1, -0.05) is 24.3 Å². The molecule has 0 unspecified atom stereocenters. The predicted octanol–water partition coefficient (Wildman–Crippen LogP) is 4.70. The molecule has 6 rings (SSSR count). The molecule has 1 saturated carbocycles. The Balaban J connectivity index is 1.20. The van der Waals surface area contributed by atoms with Gasteiger partial charge in [0.2, 0.25) is 10.0 Å². The fourth-order valence-electron chi connectivity index (χ4n) is 6.22. The summed E-state index contributed by atoms with van der Waals surface area (Å²) in [5.74, 6) is 0.233. The van der Waals surface area contributed by atoms with Gasteiger partial charge >= 0.3 is 5.97 Å². The molecule has 1 amide bonds. The van der Waals surface area contributed by atoms with Crippen LogP contribution in [0.3, 0.4) is 0 Å². The molecule has 1 saturated heterocycles. The summed E-state index contributed by atoms with van der Waals surface area (Å²) in [7, 11) is -0.478. The lowest BCUT2D eigenvalue weighted by Gasteiger charge is -2.29. The van der Waals surface area contributed by atoms with E-state index in [9.17, 15) is 18.0 Å². The maximum atomic E-state index is 13.7. The van der Waals surface area contributed by atoms with E-state index in [4.69, 9.17) is 24.0 Å². The Labute approximate surface area is 274 Å². The Morgan fingerprint density at radius 2 is 1.55 bits per heavy atom. The lowest BCUT2D eigenvalue weighted by atomic mass is 9.77. The molecule has 3 aromatic rings. The molecule has 2 aliphatic heterocycles.